The molecule has 0 aliphatic rings. The Morgan fingerprint density at radius 3 is 2.63 bits per heavy atom. The summed E-state index contributed by atoms with van der Waals surface area (Å²) in [6.07, 6.45) is 2.37. The first-order valence-electron chi connectivity index (χ1n) is 9.35. The van der Waals surface area contributed by atoms with Gasteiger partial charge in [-0.1, -0.05) is 30.8 Å². The quantitative estimate of drug-likeness (QED) is 0.364. The van der Waals surface area contributed by atoms with E-state index in [0.29, 0.717) is 17.2 Å². The number of hydrogen-bond donors (Lipinski definition) is 2. The zero-order chi connectivity index (χ0) is 21.1. The van der Waals surface area contributed by atoms with Gasteiger partial charge in [0.25, 0.3) is 5.78 Å². The molecule has 30 heavy (non-hydrogen) atoms. The van der Waals surface area contributed by atoms with Crippen molar-refractivity contribution in [3.05, 3.63) is 70.6 Å². The number of benzene rings is 2. The number of nitrogens with one attached hydrogen (secondary N) is 2. The lowest BCUT2D eigenvalue weighted by atomic mass is 10.2. The number of urea groups is 1. The number of nitrogens with zero attached hydrogens (tertiary/aromatic N) is 4. The number of hydrogen-bond acceptors (Lipinski definition) is 5. The average molecular weight is 483 g/mol. The van der Waals surface area contributed by atoms with Gasteiger partial charge in [-0.3, -0.25) is 0 Å². The van der Waals surface area contributed by atoms with Crippen molar-refractivity contribution in [2.24, 2.45) is 0 Å². The van der Waals surface area contributed by atoms with Crippen LogP contribution in [0.3, 0.4) is 0 Å². The van der Waals surface area contributed by atoms with Crippen molar-refractivity contribution >= 4 is 50.9 Å². The normalized spacial score (nSPS) is 10.9. The van der Waals surface area contributed by atoms with Crippen LogP contribution in [0.1, 0.15) is 18.2 Å². The minimum Gasteiger partial charge on any atom is -0.308 e. The van der Waals surface area contributed by atoms with Gasteiger partial charge < -0.3 is 10.6 Å². The van der Waals surface area contributed by atoms with E-state index in [1.165, 1.54) is 6.33 Å². The molecule has 152 valence electrons. The Morgan fingerprint density at radius 2 is 1.90 bits per heavy atom. The Labute approximate surface area is 186 Å². The lowest BCUT2D eigenvalue weighted by Crippen LogP contribution is -2.19. The van der Waals surface area contributed by atoms with Crippen molar-refractivity contribution in [3.8, 4) is 0 Å². The number of halogens is 1. The smallest absolute Gasteiger partial charge is 0.308 e. The molecule has 0 aliphatic heterocycles. The van der Waals surface area contributed by atoms with Crippen molar-refractivity contribution in [1.29, 1.82) is 0 Å². The third-order valence-corrected chi connectivity index (χ3v) is 6.30. The summed E-state index contributed by atoms with van der Waals surface area (Å²) >= 11 is 5.03. The van der Waals surface area contributed by atoms with E-state index in [2.05, 4.69) is 48.6 Å². The monoisotopic (exact) mass is 482 g/mol. The zero-order valence-corrected chi connectivity index (χ0v) is 18.8. The number of aryl methyl sites for hydroxylation is 1. The van der Waals surface area contributed by atoms with Gasteiger partial charge in [0.2, 0.25) is 0 Å². The predicted octanol–water partition coefficient (Wildman–Crippen LogP) is 5.55. The van der Waals surface area contributed by atoms with Gasteiger partial charge in [0.15, 0.2) is 0 Å². The summed E-state index contributed by atoms with van der Waals surface area (Å²) < 4.78 is 2.60. The van der Waals surface area contributed by atoms with Crippen LogP contribution >= 0.6 is 27.7 Å². The molecule has 0 aliphatic carbocycles. The number of rotatable bonds is 5. The van der Waals surface area contributed by atoms with Crippen molar-refractivity contribution in [2.75, 3.05) is 10.6 Å². The molecule has 0 radical (unpaired) electrons. The highest BCUT2D eigenvalue weighted by molar-refractivity contribution is 9.10. The van der Waals surface area contributed by atoms with E-state index in [4.69, 9.17) is 0 Å². The molecule has 0 saturated heterocycles. The summed E-state index contributed by atoms with van der Waals surface area (Å²) in [5.41, 5.74) is 3.52. The molecule has 0 spiro atoms. The maximum atomic E-state index is 12.3. The Hall–Kier alpha value is -2.91. The predicted molar refractivity (Wildman–Crippen MR) is 122 cm³/mol. The summed E-state index contributed by atoms with van der Waals surface area (Å²) in [7, 11) is 0. The second kappa shape index (κ2) is 8.85. The van der Waals surface area contributed by atoms with Gasteiger partial charge in [0.1, 0.15) is 11.4 Å². The van der Waals surface area contributed by atoms with E-state index < -0.39 is 0 Å². The van der Waals surface area contributed by atoms with E-state index in [9.17, 15) is 4.79 Å². The number of para-hydroxylation sites is 1. The number of carbonyl (C=O) groups is 1. The maximum Gasteiger partial charge on any atom is 0.323 e. The van der Waals surface area contributed by atoms with Crippen LogP contribution in [0.5, 0.6) is 0 Å². The fraction of sp³-hybridized carbons (Fsp3) is 0.143. The first kappa shape index (κ1) is 20.4. The van der Waals surface area contributed by atoms with E-state index in [1.54, 1.807) is 16.3 Å². The van der Waals surface area contributed by atoms with Gasteiger partial charge in [0.05, 0.1) is 5.69 Å². The van der Waals surface area contributed by atoms with Crippen LogP contribution < -0.4 is 10.6 Å². The molecule has 0 unspecified atom stereocenters. The van der Waals surface area contributed by atoms with Crippen molar-refractivity contribution in [3.63, 3.8) is 0 Å². The molecule has 2 amide bonds. The number of amides is 2. The van der Waals surface area contributed by atoms with Gasteiger partial charge in [-0.15, -0.1) is 0 Å². The highest BCUT2D eigenvalue weighted by Crippen LogP contribution is 2.32. The molecule has 2 N–H and O–H groups in total. The van der Waals surface area contributed by atoms with Gasteiger partial charge >= 0.3 is 6.03 Å². The minimum absolute atomic E-state index is 0.301. The zero-order valence-electron chi connectivity index (χ0n) is 16.4. The first-order chi connectivity index (χ1) is 14.5. The lowest BCUT2D eigenvalue weighted by Gasteiger charge is -2.12. The Bertz CT molecular complexity index is 1210. The average Bonchev–Trinajstić information content (AvgIpc) is 3.19. The summed E-state index contributed by atoms with van der Waals surface area (Å²) in [4.78, 5) is 22.0. The van der Waals surface area contributed by atoms with Crippen molar-refractivity contribution in [2.45, 2.75) is 30.2 Å². The molecule has 0 fully saturated rings. The molecule has 2 aromatic heterocycles. The van der Waals surface area contributed by atoms with Crippen LogP contribution in [0, 0.1) is 6.92 Å². The Morgan fingerprint density at radius 1 is 1.13 bits per heavy atom. The van der Waals surface area contributed by atoms with E-state index >= 15 is 0 Å². The first-order valence-corrected chi connectivity index (χ1v) is 11.0. The van der Waals surface area contributed by atoms with Gasteiger partial charge in [-0.2, -0.15) is 14.6 Å². The molecule has 2 heterocycles. The van der Waals surface area contributed by atoms with Gasteiger partial charge in [0, 0.05) is 26.3 Å². The highest BCUT2D eigenvalue weighted by atomic mass is 79.9. The molecular weight excluding hydrogens is 464 g/mol. The highest BCUT2D eigenvalue weighted by Gasteiger charge is 2.14. The number of fused-ring (bicyclic) bond motifs is 1. The topological polar surface area (TPSA) is 84.2 Å². The van der Waals surface area contributed by atoms with Gasteiger partial charge in [-0.05, 0) is 65.7 Å². The lowest BCUT2D eigenvalue weighted by molar-refractivity contribution is 0.262. The number of anilines is 2. The summed E-state index contributed by atoms with van der Waals surface area (Å²) in [6.45, 7) is 4.10. The van der Waals surface area contributed by atoms with Crippen LogP contribution in [-0.2, 0) is 6.42 Å². The molecule has 0 bridgehead atoms. The molecule has 0 saturated carbocycles. The Balaban J connectivity index is 1.50. The molecule has 9 heteroatoms. The molecule has 7 nitrogen and oxygen atoms in total. The summed E-state index contributed by atoms with van der Waals surface area (Å²) in [5.74, 6) is 0.592. The number of aromatic nitrogens is 4. The molecule has 4 aromatic rings. The molecule has 4 rings (SSSR count). The summed E-state index contributed by atoms with van der Waals surface area (Å²) in [5, 5.41) is 11.0. The Kier molecular flexibility index (Phi) is 6.01. The largest absolute Gasteiger partial charge is 0.323 e. The van der Waals surface area contributed by atoms with E-state index in [0.717, 1.165) is 32.1 Å². The fourth-order valence-electron chi connectivity index (χ4n) is 3.03. The van der Waals surface area contributed by atoms with Crippen LogP contribution in [0.15, 0.2) is 69.3 Å². The van der Waals surface area contributed by atoms with Crippen molar-refractivity contribution in [1.82, 2.24) is 19.6 Å². The molecule has 0 atom stereocenters. The van der Waals surface area contributed by atoms with E-state index in [1.807, 2.05) is 55.5 Å². The van der Waals surface area contributed by atoms with Crippen molar-refractivity contribution < 1.29 is 4.79 Å². The third-order valence-electron chi connectivity index (χ3n) is 4.49. The van der Waals surface area contributed by atoms with Gasteiger partial charge in [-0.25, -0.2) is 9.78 Å². The second-order valence-electron chi connectivity index (χ2n) is 6.49. The molecular formula is C21H19BrN6OS. The van der Waals surface area contributed by atoms with Crippen LogP contribution in [0.4, 0.5) is 16.2 Å². The van der Waals surface area contributed by atoms with Crippen LogP contribution in [0.2, 0.25) is 0 Å². The standard InChI is InChI=1S/C21H19BrN6OS/c1-3-16-13(2)25-20-23-12-24-28(20)19(16)30-15-10-8-14(9-11-15)26-21(29)27-18-7-5-4-6-17(18)22/h4-12H,3H2,1-2H3,(H2,26,27,29). The number of carbonyl (C=O) groups excluding carboxylic acids is 1. The summed E-state index contributed by atoms with van der Waals surface area (Å²) in [6, 6.07) is 14.8. The molecule has 2 aromatic carbocycles. The fourth-order valence-corrected chi connectivity index (χ4v) is 4.54. The minimum atomic E-state index is -0.301. The van der Waals surface area contributed by atoms with Crippen LogP contribution in [0.25, 0.3) is 5.78 Å². The SMILES string of the molecule is CCc1c(C)nc2ncnn2c1Sc1ccc(NC(=O)Nc2ccccc2Br)cc1. The maximum absolute atomic E-state index is 12.3. The van der Waals surface area contributed by atoms with Crippen LogP contribution in [-0.4, -0.2) is 25.6 Å². The van der Waals surface area contributed by atoms with E-state index in [-0.39, 0.29) is 6.03 Å². The second-order valence-corrected chi connectivity index (χ2v) is 8.41. The third kappa shape index (κ3) is 4.31.